The Balaban J connectivity index is 2.08. The Kier molecular flexibility index (Phi) is 5.34. The van der Waals surface area contributed by atoms with Gasteiger partial charge >= 0.3 is 0 Å². The number of hydrogen-bond acceptors (Lipinski definition) is 3. The van der Waals surface area contributed by atoms with E-state index in [2.05, 4.69) is 26.6 Å². The quantitative estimate of drug-likeness (QED) is 0.637. The van der Waals surface area contributed by atoms with Crippen LogP contribution in [0.15, 0.2) is 64.8 Å². The third-order valence-electron chi connectivity index (χ3n) is 2.94. The third-order valence-corrected chi connectivity index (χ3v) is 3.83. The molecule has 0 saturated heterocycles. The van der Waals surface area contributed by atoms with Crippen LogP contribution in [0.2, 0.25) is 0 Å². The molecule has 0 aliphatic heterocycles. The van der Waals surface area contributed by atoms with Crippen LogP contribution in [0.25, 0.3) is 0 Å². The summed E-state index contributed by atoms with van der Waals surface area (Å²) in [5, 5.41) is 14.8. The first kappa shape index (κ1) is 15.8. The zero-order chi connectivity index (χ0) is 15.9. The Morgan fingerprint density at radius 1 is 1.18 bits per heavy atom. The van der Waals surface area contributed by atoms with E-state index in [1.54, 1.807) is 12.1 Å². The first-order chi connectivity index (χ1) is 10.6. The molecule has 110 valence electrons. The summed E-state index contributed by atoms with van der Waals surface area (Å²) in [7, 11) is 0. The SMILES string of the molecule is Cc1cc(NC=C(C#N)C(=O)Nc2ccccc2)ccc1Br. The first-order valence-electron chi connectivity index (χ1n) is 6.59. The normalized spacial score (nSPS) is 10.7. The molecule has 4 nitrogen and oxygen atoms in total. The molecule has 0 aromatic heterocycles. The number of nitriles is 1. The second kappa shape index (κ2) is 7.43. The number of nitrogens with zero attached hydrogens (tertiary/aromatic N) is 1. The van der Waals surface area contributed by atoms with Gasteiger partial charge < -0.3 is 10.6 Å². The van der Waals surface area contributed by atoms with Crippen molar-refractivity contribution in [2.75, 3.05) is 10.6 Å². The number of carbonyl (C=O) groups is 1. The van der Waals surface area contributed by atoms with E-state index in [1.165, 1.54) is 6.20 Å². The van der Waals surface area contributed by atoms with Crippen molar-refractivity contribution < 1.29 is 4.79 Å². The van der Waals surface area contributed by atoms with Gasteiger partial charge in [0, 0.05) is 22.0 Å². The van der Waals surface area contributed by atoms with Gasteiger partial charge in [-0.25, -0.2) is 0 Å². The van der Waals surface area contributed by atoms with E-state index in [0.717, 1.165) is 15.7 Å². The van der Waals surface area contributed by atoms with Gasteiger partial charge in [0.2, 0.25) is 0 Å². The van der Waals surface area contributed by atoms with Crippen LogP contribution in [0, 0.1) is 18.3 Å². The van der Waals surface area contributed by atoms with Gasteiger partial charge in [-0.3, -0.25) is 4.79 Å². The molecule has 2 aromatic carbocycles. The molecule has 2 aromatic rings. The van der Waals surface area contributed by atoms with E-state index in [0.29, 0.717) is 5.69 Å². The fourth-order valence-corrected chi connectivity index (χ4v) is 2.01. The number of hydrogen-bond donors (Lipinski definition) is 2. The van der Waals surface area contributed by atoms with Gasteiger partial charge in [-0.2, -0.15) is 5.26 Å². The largest absolute Gasteiger partial charge is 0.360 e. The molecule has 22 heavy (non-hydrogen) atoms. The molecule has 0 aliphatic carbocycles. The highest BCUT2D eigenvalue weighted by molar-refractivity contribution is 9.10. The van der Waals surface area contributed by atoms with Crippen LogP contribution < -0.4 is 10.6 Å². The number of rotatable bonds is 4. The highest BCUT2D eigenvalue weighted by Crippen LogP contribution is 2.20. The summed E-state index contributed by atoms with van der Waals surface area (Å²) in [6.45, 7) is 1.96. The van der Waals surface area contributed by atoms with Crippen molar-refractivity contribution in [1.29, 1.82) is 5.26 Å². The van der Waals surface area contributed by atoms with Crippen LogP contribution in [0.3, 0.4) is 0 Å². The number of para-hydroxylation sites is 1. The second-order valence-corrected chi connectivity index (χ2v) is 5.45. The van der Waals surface area contributed by atoms with Crippen LogP contribution >= 0.6 is 15.9 Å². The monoisotopic (exact) mass is 355 g/mol. The molecule has 0 bridgehead atoms. The Morgan fingerprint density at radius 2 is 1.91 bits per heavy atom. The second-order valence-electron chi connectivity index (χ2n) is 4.60. The fourth-order valence-electron chi connectivity index (χ4n) is 1.76. The molecule has 0 saturated carbocycles. The number of nitrogens with one attached hydrogen (secondary N) is 2. The first-order valence-corrected chi connectivity index (χ1v) is 7.39. The molecule has 1 amide bonds. The maximum atomic E-state index is 12.0. The highest BCUT2D eigenvalue weighted by Gasteiger charge is 2.09. The molecule has 0 fully saturated rings. The molecule has 5 heteroatoms. The Hall–Kier alpha value is -2.58. The van der Waals surface area contributed by atoms with Crippen molar-refractivity contribution in [1.82, 2.24) is 0 Å². The van der Waals surface area contributed by atoms with Gasteiger partial charge in [-0.1, -0.05) is 34.1 Å². The van der Waals surface area contributed by atoms with E-state index >= 15 is 0 Å². The topological polar surface area (TPSA) is 64.9 Å². The lowest BCUT2D eigenvalue weighted by Crippen LogP contribution is -2.14. The highest BCUT2D eigenvalue weighted by atomic mass is 79.9. The molecule has 0 spiro atoms. The fraction of sp³-hybridized carbons (Fsp3) is 0.0588. The van der Waals surface area contributed by atoms with E-state index < -0.39 is 5.91 Å². The number of anilines is 2. The van der Waals surface area contributed by atoms with Crippen LogP contribution in [-0.4, -0.2) is 5.91 Å². The summed E-state index contributed by atoms with van der Waals surface area (Å²) >= 11 is 3.42. The molecule has 0 unspecified atom stereocenters. The van der Waals surface area contributed by atoms with Crippen molar-refractivity contribution in [3.05, 3.63) is 70.3 Å². The molecular formula is C17H14BrN3O. The number of carbonyl (C=O) groups excluding carboxylic acids is 1. The van der Waals surface area contributed by atoms with Gasteiger partial charge in [0.05, 0.1) is 0 Å². The smallest absolute Gasteiger partial charge is 0.267 e. The number of amides is 1. The molecule has 0 aliphatic rings. The minimum atomic E-state index is -0.449. The van der Waals surface area contributed by atoms with Gasteiger partial charge in [0.25, 0.3) is 5.91 Å². The van der Waals surface area contributed by atoms with Crippen LogP contribution in [0.5, 0.6) is 0 Å². The summed E-state index contributed by atoms with van der Waals surface area (Å²) in [5.74, 6) is -0.449. The predicted octanol–water partition coefficient (Wildman–Crippen LogP) is 4.22. The Morgan fingerprint density at radius 3 is 2.55 bits per heavy atom. The van der Waals surface area contributed by atoms with E-state index in [1.807, 2.05) is 49.4 Å². The number of aryl methyl sites for hydroxylation is 1. The Bertz CT molecular complexity index is 748. The molecule has 2 N–H and O–H groups in total. The maximum Gasteiger partial charge on any atom is 0.267 e. The average Bonchev–Trinajstić information content (AvgIpc) is 2.52. The summed E-state index contributed by atoms with van der Waals surface area (Å²) in [6, 6.07) is 16.6. The minimum absolute atomic E-state index is 0.00410. The molecule has 0 heterocycles. The van der Waals surface area contributed by atoms with Crippen molar-refractivity contribution >= 4 is 33.2 Å². The summed E-state index contributed by atoms with van der Waals surface area (Å²) in [5.41, 5.74) is 2.52. The maximum absolute atomic E-state index is 12.0. The van der Waals surface area contributed by atoms with E-state index in [9.17, 15) is 4.79 Å². The average molecular weight is 356 g/mol. The number of benzene rings is 2. The summed E-state index contributed by atoms with van der Waals surface area (Å²) < 4.78 is 1.00. The standard InChI is InChI=1S/C17H14BrN3O/c1-12-9-15(7-8-16(12)18)20-11-13(10-19)17(22)21-14-5-3-2-4-6-14/h2-9,11,20H,1H3,(H,21,22). The minimum Gasteiger partial charge on any atom is -0.360 e. The van der Waals surface area contributed by atoms with Crippen molar-refractivity contribution in [2.45, 2.75) is 6.92 Å². The molecule has 0 atom stereocenters. The van der Waals surface area contributed by atoms with Gasteiger partial charge in [0.15, 0.2) is 0 Å². The zero-order valence-electron chi connectivity index (χ0n) is 11.9. The van der Waals surface area contributed by atoms with Crippen molar-refractivity contribution in [2.24, 2.45) is 0 Å². The predicted molar refractivity (Wildman–Crippen MR) is 91.3 cm³/mol. The van der Waals surface area contributed by atoms with Gasteiger partial charge in [-0.05, 0) is 42.8 Å². The lowest BCUT2D eigenvalue weighted by atomic mass is 10.2. The molecular weight excluding hydrogens is 342 g/mol. The number of halogens is 1. The zero-order valence-corrected chi connectivity index (χ0v) is 13.5. The summed E-state index contributed by atoms with van der Waals surface area (Å²) in [4.78, 5) is 12.0. The molecule has 0 radical (unpaired) electrons. The lowest BCUT2D eigenvalue weighted by Gasteiger charge is -2.06. The van der Waals surface area contributed by atoms with Gasteiger partial charge in [-0.15, -0.1) is 0 Å². The molecule has 2 rings (SSSR count). The summed E-state index contributed by atoms with van der Waals surface area (Å²) in [6.07, 6.45) is 1.40. The van der Waals surface area contributed by atoms with Crippen molar-refractivity contribution in [3.63, 3.8) is 0 Å². The van der Waals surface area contributed by atoms with Crippen LogP contribution in [0.4, 0.5) is 11.4 Å². The third kappa shape index (κ3) is 4.21. The van der Waals surface area contributed by atoms with E-state index in [-0.39, 0.29) is 5.57 Å². The van der Waals surface area contributed by atoms with E-state index in [4.69, 9.17) is 5.26 Å². The Labute approximate surface area is 137 Å². The van der Waals surface area contributed by atoms with Gasteiger partial charge in [0.1, 0.15) is 11.6 Å². The van der Waals surface area contributed by atoms with Crippen LogP contribution in [0.1, 0.15) is 5.56 Å². The lowest BCUT2D eigenvalue weighted by molar-refractivity contribution is -0.112. The van der Waals surface area contributed by atoms with Crippen LogP contribution in [-0.2, 0) is 4.79 Å². The van der Waals surface area contributed by atoms with Crippen molar-refractivity contribution in [3.8, 4) is 6.07 Å².